The summed E-state index contributed by atoms with van der Waals surface area (Å²) in [5.74, 6) is -0.0785. The number of hydrogen-bond acceptors (Lipinski definition) is 4. The van der Waals surface area contributed by atoms with Crippen molar-refractivity contribution < 1.29 is 9.59 Å². The Bertz CT molecular complexity index is 610. The van der Waals surface area contributed by atoms with E-state index in [0.717, 1.165) is 51.9 Å². The highest BCUT2D eigenvalue weighted by Gasteiger charge is 2.36. The number of hydrogen-bond donors (Lipinski definition) is 2. The molecule has 2 fully saturated rings. The Balaban J connectivity index is 0.00000169. The average Bonchev–Trinajstić information content (AvgIpc) is 3.04. The van der Waals surface area contributed by atoms with Gasteiger partial charge >= 0.3 is 0 Å². The van der Waals surface area contributed by atoms with E-state index in [1.165, 1.54) is 0 Å². The summed E-state index contributed by atoms with van der Waals surface area (Å²) in [6, 6.07) is 7.10. The highest BCUT2D eigenvalue weighted by Crippen LogP contribution is 2.28. The molecule has 0 spiro atoms. The van der Waals surface area contributed by atoms with Gasteiger partial charge in [0.2, 0.25) is 5.91 Å². The second-order valence-electron chi connectivity index (χ2n) is 6.99. The Labute approximate surface area is 167 Å². The molecular formula is C18H28Cl2N4O2. The Morgan fingerprint density at radius 2 is 1.54 bits per heavy atom. The van der Waals surface area contributed by atoms with Crippen LogP contribution in [-0.2, 0) is 4.79 Å². The molecule has 6 nitrogen and oxygen atoms in total. The van der Waals surface area contributed by atoms with Crippen LogP contribution in [0.4, 0.5) is 5.69 Å². The quantitative estimate of drug-likeness (QED) is 0.811. The number of likely N-dealkylation sites (N-methyl/N-ethyl adjacent to an activating group) is 1. The van der Waals surface area contributed by atoms with E-state index in [9.17, 15) is 9.59 Å². The number of carbonyl (C=O) groups is 2. The molecule has 0 unspecified atom stereocenters. The van der Waals surface area contributed by atoms with Crippen molar-refractivity contribution in [1.29, 1.82) is 0 Å². The third kappa shape index (κ3) is 5.10. The molecule has 2 aliphatic rings. The average molecular weight is 403 g/mol. The summed E-state index contributed by atoms with van der Waals surface area (Å²) in [4.78, 5) is 28.9. The number of carbonyl (C=O) groups excluding carboxylic acids is 2. The molecule has 1 aromatic rings. The molecule has 3 N–H and O–H groups in total. The molecule has 1 aliphatic carbocycles. The zero-order valence-electron chi connectivity index (χ0n) is 15.1. The molecule has 0 aromatic heterocycles. The lowest BCUT2D eigenvalue weighted by atomic mass is 9.98. The lowest BCUT2D eigenvalue weighted by molar-refractivity contribution is -0.121. The zero-order chi connectivity index (χ0) is 17.2. The summed E-state index contributed by atoms with van der Waals surface area (Å²) in [5.41, 5.74) is 6.76. The van der Waals surface area contributed by atoms with Gasteiger partial charge in [-0.2, -0.15) is 0 Å². The van der Waals surface area contributed by atoms with Gasteiger partial charge in [-0.05, 0) is 44.2 Å². The van der Waals surface area contributed by atoms with Crippen molar-refractivity contribution in [2.24, 2.45) is 5.73 Å². The number of nitrogens with two attached hydrogens (primary N) is 1. The predicted molar refractivity (Wildman–Crippen MR) is 108 cm³/mol. The maximum Gasteiger partial charge on any atom is 0.253 e. The van der Waals surface area contributed by atoms with Gasteiger partial charge in [-0.15, -0.1) is 24.8 Å². The molecule has 8 heteroatoms. The minimum Gasteiger partial charge on any atom is -0.336 e. The van der Waals surface area contributed by atoms with Gasteiger partial charge in [0.1, 0.15) is 0 Å². The fourth-order valence-electron chi connectivity index (χ4n) is 3.38. The normalized spacial score (nSPS) is 19.2. The van der Waals surface area contributed by atoms with Crippen LogP contribution in [0, 0.1) is 0 Å². The van der Waals surface area contributed by atoms with E-state index < -0.39 is 5.54 Å². The number of rotatable bonds is 3. The Morgan fingerprint density at radius 1 is 1.00 bits per heavy atom. The summed E-state index contributed by atoms with van der Waals surface area (Å²) in [6.45, 7) is 3.31. The third-order valence-corrected chi connectivity index (χ3v) is 5.13. The molecule has 1 aromatic carbocycles. The van der Waals surface area contributed by atoms with Gasteiger partial charge in [0.15, 0.2) is 0 Å². The smallest absolute Gasteiger partial charge is 0.253 e. The Hall–Kier alpha value is -1.34. The Kier molecular flexibility index (Phi) is 8.34. The van der Waals surface area contributed by atoms with E-state index in [1.807, 2.05) is 4.90 Å². The first-order valence-electron chi connectivity index (χ1n) is 8.66. The van der Waals surface area contributed by atoms with Crippen LogP contribution in [-0.4, -0.2) is 60.4 Å². The summed E-state index contributed by atoms with van der Waals surface area (Å²) >= 11 is 0. The summed E-state index contributed by atoms with van der Waals surface area (Å²) in [7, 11) is 2.06. The molecule has 3 rings (SSSR count). The van der Waals surface area contributed by atoms with Crippen LogP contribution < -0.4 is 11.1 Å². The fourth-order valence-corrected chi connectivity index (χ4v) is 3.38. The van der Waals surface area contributed by atoms with E-state index in [1.54, 1.807) is 24.3 Å². The minimum absolute atomic E-state index is 0. The van der Waals surface area contributed by atoms with Gasteiger partial charge in [-0.3, -0.25) is 9.59 Å². The summed E-state index contributed by atoms with van der Waals surface area (Å²) in [5, 5.41) is 2.88. The number of nitrogens with zero attached hydrogens (tertiary/aromatic N) is 2. The standard InChI is InChI=1S/C18H26N4O2.2ClH/c1-21-10-12-22(13-11-21)16(23)14-4-6-15(7-5-14)20-17(24)18(19)8-2-3-9-18;;/h4-7H,2-3,8-13,19H2,1H3,(H,20,24);2*1H. The number of piperazine rings is 1. The number of benzene rings is 1. The lowest BCUT2D eigenvalue weighted by Crippen LogP contribution is -2.48. The Morgan fingerprint density at radius 3 is 2.08 bits per heavy atom. The van der Waals surface area contributed by atoms with Crippen LogP contribution in [0.15, 0.2) is 24.3 Å². The van der Waals surface area contributed by atoms with E-state index in [0.29, 0.717) is 11.3 Å². The maximum atomic E-state index is 12.5. The second kappa shape index (κ2) is 9.55. The van der Waals surface area contributed by atoms with Gasteiger partial charge < -0.3 is 20.9 Å². The topological polar surface area (TPSA) is 78.7 Å². The highest BCUT2D eigenvalue weighted by atomic mass is 35.5. The van der Waals surface area contributed by atoms with Crippen molar-refractivity contribution in [2.75, 3.05) is 38.5 Å². The molecular weight excluding hydrogens is 375 g/mol. The van der Waals surface area contributed by atoms with Crippen molar-refractivity contribution in [1.82, 2.24) is 9.80 Å². The third-order valence-electron chi connectivity index (χ3n) is 5.13. The fraction of sp³-hybridized carbons (Fsp3) is 0.556. The number of anilines is 1. The number of amides is 2. The molecule has 1 heterocycles. The van der Waals surface area contributed by atoms with Gasteiger partial charge in [-0.1, -0.05) is 12.8 Å². The van der Waals surface area contributed by atoms with Crippen LogP contribution in [0.3, 0.4) is 0 Å². The van der Waals surface area contributed by atoms with Crippen molar-refractivity contribution in [3.63, 3.8) is 0 Å². The number of nitrogens with one attached hydrogen (secondary N) is 1. The molecule has 0 bridgehead atoms. The lowest BCUT2D eigenvalue weighted by Gasteiger charge is -2.32. The van der Waals surface area contributed by atoms with Crippen LogP contribution in [0.2, 0.25) is 0 Å². The zero-order valence-corrected chi connectivity index (χ0v) is 16.7. The van der Waals surface area contributed by atoms with Gasteiger partial charge in [0.25, 0.3) is 5.91 Å². The SMILES string of the molecule is CN1CCN(C(=O)c2ccc(NC(=O)C3(N)CCCC3)cc2)CC1.Cl.Cl. The summed E-state index contributed by atoms with van der Waals surface area (Å²) in [6.07, 6.45) is 3.47. The van der Waals surface area contributed by atoms with Crippen LogP contribution >= 0.6 is 24.8 Å². The van der Waals surface area contributed by atoms with Gasteiger partial charge in [-0.25, -0.2) is 0 Å². The first kappa shape index (κ1) is 22.7. The van der Waals surface area contributed by atoms with Crippen molar-refractivity contribution in [2.45, 2.75) is 31.2 Å². The second-order valence-corrected chi connectivity index (χ2v) is 6.99. The first-order valence-corrected chi connectivity index (χ1v) is 8.66. The minimum atomic E-state index is -0.742. The molecule has 1 saturated heterocycles. The van der Waals surface area contributed by atoms with E-state index in [4.69, 9.17) is 5.73 Å². The van der Waals surface area contributed by atoms with Crippen LogP contribution in [0.1, 0.15) is 36.0 Å². The van der Waals surface area contributed by atoms with Crippen molar-refractivity contribution in [3.05, 3.63) is 29.8 Å². The predicted octanol–water partition coefficient (Wildman–Crippen LogP) is 2.13. The molecule has 0 atom stereocenters. The maximum absolute atomic E-state index is 12.5. The van der Waals surface area contributed by atoms with Crippen LogP contribution in [0.5, 0.6) is 0 Å². The monoisotopic (exact) mass is 402 g/mol. The molecule has 26 heavy (non-hydrogen) atoms. The first-order chi connectivity index (χ1) is 11.5. The molecule has 1 aliphatic heterocycles. The molecule has 1 saturated carbocycles. The van der Waals surface area contributed by atoms with Gasteiger partial charge in [0.05, 0.1) is 5.54 Å². The van der Waals surface area contributed by atoms with Crippen LogP contribution in [0.25, 0.3) is 0 Å². The van der Waals surface area contributed by atoms with E-state index in [-0.39, 0.29) is 36.6 Å². The highest BCUT2D eigenvalue weighted by molar-refractivity contribution is 5.99. The van der Waals surface area contributed by atoms with E-state index >= 15 is 0 Å². The molecule has 146 valence electrons. The van der Waals surface area contributed by atoms with Crippen molar-refractivity contribution >= 4 is 42.3 Å². The largest absolute Gasteiger partial charge is 0.336 e. The van der Waals surface area contributed by atoms with Gasteiger partial charge in [0, 0.05) is 37.4 Å². The van der Waals surface area contributed by atoms with E-state index in [2.05, 4.69) is 17.3 Å². The number of halogens is 2. The molecule has 0 radical (unpaired) electrons. The molecule has 2 amide bonds. The summed E-state index contributed by atoms with van der Waals surface area (Å²) < 4.78 is 0. The van der Waals surface area contributed by atoms with Crippen molar-refractivity contribution in [3.8, 4) is 0 Å².